The van der Waals surface area contributed by atoms with Crippen LogP contribution in [0.3, 0.4) is 0 Å². The Morgan fingerprint density at radius 2 is 1.97 bits per heavy atom. The number of nitrogens with one attached hydrogen (secondary N) is 2. The van der Waals surface area contributed by atoms with Crippen LogP contribution in [0.1, 0.15) is 25.7 Å². The number of aryl methyl sites for hydroxylation is 1. The van der Waals surface area contributed by atoms with Gasteiger partial charge in [0.25, 0.3) is 0 Å². The molecule has 2 aliphatic heterocycles. The fourth-order valence-corrected chi connectivity index (χ4v) is 4.49. The van der Waals surface area contributed by atoms with Crippen LogP contribution in [0.5, 0.6) is 0 Å². The van der Waals surface area contributed by atoms with Gasteiger partial charge in [-0.2, -0.15) is 0 Å². The number of likely N-dealkylation sites (tertiary alicyclic amines) is 1. The highest BCUT2D eigenvalue weighted by Gasteiger charge is 2.27. The molecule has 29 heavy (non-hydrogen) atoms. The van der Waals surface area contributed by atoms with Gasteiger partial charge in [-0.1, -0.05) is 12.1 Å². The minimum Gasteiger partial charge on any atom is -0.354 e. The molecule has 2 unspecified atom stereocenters. The predicted molar refractivity (Wildman–Crippen MR) is 111 cm³/mol. The van der Waals surface area contributed by atoms with E-state index < -0.39 is 0 Å². The van der Waals surface area contributed by atoms with Crippen LogP contribution in [0.25, 0.3) is 11.0 Å². The number of hydrogen-bond acceptors (Lipinski definition) is 4. The van der Waals surface area contributed by atoms with Gasteiger partial charge in [-0.05, 0) is 50.3 Å². The van der Waals surface area contributed by atoms with Crippen molar-refractivity contribution in [2.75, 3.05) is 26.2 Å². The van der Waals surface area contributed by atoms with Crippen molar-refractivity contribution in [2.24, 2.45) is 13.0 Å². The zero-order valence-electron chi connectivity index (χ0n) is 16.9. The van der Waals surface area contributed by atoms with Gasteiger partial charge in [-0.3, -0.25) is 18.7 Å². The van der Waals surface area contributed by atoms with Crippen molar-refractivity contribution >= 4 is 22.8 Å². The van der Waals surface area contributed by atoms with Crippen molar-refractivity contribution in [1.82, 2.24) is 24.7 Å². The summed E-state index contributed by atoms with van der Waals surface area (Å²) in [6.45, 7) is 2.86. The molecule has 2 fully saturated rings. The maximum Gasteiger partial charge on any atom is 0.329 e. The average molecular weight is 399 g/mol. The number of aromatic nitrogens is 2. The summed E-state index contributed by atoms with van der Waals surface area (Å²) in [5.41, 5.74) is 1.42. The van der Waals surface area contributed by atoms with Gasteiger partial charge < -0.3 is 15.5 Å². The lowest BCUT2D eigenvalue weighted by Crippen LogP contribution is -2.47. The van der Waals surface area contributed by atoms with E-state index in [0.29, 0.717) is 19.6 Å². The second-order valence-corrected chi connectivity index (χ2v) is 8.16. The molecular weight excluding hydrogens is 370 g/mol. The van der Waals surface area contributed by atoms with Gasteiger partial charge in [0.2, 0.25) is 11.8 Å². The topological polar surface area (TPSA) is 88.4 Å². The van der Waals surface area contributed by atoms with Crippen LogP contribution in [0, 0.1) is 5.92 Å². The highest BCUT2D eigenvalue weighted by molar-refractivity contribution is 5.82. The number of fused-ring (bicyclic) bond motifs is 1. The monoisotopic (exact) mass is 399 g/mol. The van der Waals surface area contributed by atoms with E-state index in [1.165, 1.54) is 0 Å². The summed E-state index contributed by atoms with van der Waals surface area (Å²) in [6, 6.07) is 7.45. The fraction of sp³-hybridized carbons (Fsp3) is 0.571. The third-order valence-corrected chi connectivity index (χ3v) is 6.16. The number of nitrogens with zero attached hydrogens (tertiary/aromatic N) is 3. The fourth-order valence-electron chi connectivity index (χ4n) is 4.49. The highest BCUT2D eigenvalue weighted by Crippen LogP contribution is 2.18. The van der Waals surface area contributed by atoms with Crippen LogP contribution in [-0.2, 0) is 23.2 Å². The Morgan fingerprint density at radius 1 is 1.17 bits per heavy atom. The molecule has 8 heteroatoms. The molecule has 0 aliphatic carbocycles. The Hall–Kier alpha value is -2.61. The maximum absolute atomic E-state index is 12.9. The molecule has 0 radical (unpaired) electrons. The molecule has 2 saturated heterocycles. The number of carbonyl (C=O) groups is 2. The summed E-state index contributed by atoms with van der Waals surface area (Å²) in [6.07, 6.45) is 3.84. The van der Waals surface area contributed by atoms with Crippen LogP contribution >= 0.6 is 0 Å². The molecule has 0 spiro atoms. The molecule has 0 bridgehead atoms. The Labute approximate surface area is 169 Å². The number of hydrogen-bond donors (Lipinski definition) is 2. The van der Waals surface area contributed by atoms with Gasteiger partial charge in [0.1, 0.15) is 6.54 Å². The zero-order chi connectivity index (χ0) is 20.4. The predicted octanol–water partition coefficient (Wildman–Crippen LogP) is 0.447. The number of carbonyl (C=O) groups excluding carboxylic acids is 2. The van der Waals surface area contributed by atoms with Gasteiger partial charge >= 0.3 is 5.69 Å². The van der Waals surface area contributed by atoms with E-state index >= 15 is 0 Å². The maximum atomic E-state index is 12.9. The molecule has 156 valence electrons. The number of para-hydroxylation sites is 2. The number of benzene rings is 1. The molecule has 2 aromatic rings. The first-order chi connectivity index (χ1) is 14.0. The van der Waals surface area contributed by atoms with Gasteiger partial charge in [0.05, 0.1) is 17.1 Å². The van der Waals surface area contributed by atoms with Crippen molar-refractivity contribution < 1.29 is 9.59 Å². The Bertz CT molecular complexity index is 957. The first-order valence-corrected chi connectivity index (χ1v) is 10.5. The Morgan fingerprint density at radius 3 is 2.72 bits per heavy atom. The number of piperidine rings is 1. The van der Waals surface area contributed by atoms with Gasteiger partial charge in [-0.15, -0.1) is 0 Å². The summed E-state index contributed by atoms with van der Waals surface area (Å²) < 4.78 is 3.13. The minimum absolute atomic E-state index is 0.0445. The van der Waals surface area contributed by atoms with E-state index in [-0.39, 0.29) is 36.0 Å². The Kier molecular flexibility index (Phi) is 5.71. The number of amides is 2. The van der Waals surface area contributed by atoms with Crippen molar-refractivity contribution in [1.29, 1.82) is 0 Å². The molecule has 2 aliphatic rings. The third kappa shape index (κ3) is 4.07. The molecular formula is C21H29N5O3. The minimum atomic E-state index is -0.176. The SMILES string of the molecule is Cn1c(=O)n(CC(=O)N2CCCC(CNC(=O)C3CCCN3)C2)c2ccccc21. The third-order valence-electron chi connectivity index (χ3n) is 6.16. The van der Waals surface area contributed by atoms with Crippen molar-refractivity contribution in [3.8, 4) is 0 Å². The van der Waals surface area contributed by atoms with Crippen LogP contribution in [0.4, 0.5) is 0 Å². The lowest BCUT2D eigenvalue weighted by molar-refractivity contribution is -0.133. The second-order valence-electron chi connectivity index (χ2n) is 8.16. The van der Waals surface area contributed by atoms with Crippen LogP contribution in [-0.4, -0.2) is 58.1 Å². The van der Waals surface area contributed by atoms with Crippen molar-refractivity contribution in [2.45, 2.75) is 38.3 Å². The summed E-state index contributed by atoms with van der Waals surface area (Å²) in [7, 11) is 1.73. The summed E-state index contributed by atoms with van der Waals surface area (Å²) >= 11 is 0. The molecule has 0 saturated carbocycles. The summed E-state index contributed by atoms with van der Waals surface area (Å²) in [5, 5.41) is 6.25. The molecule has 2 amide bonds. The Balaban J connectivity index is 1.37. The van der Waals surface area contributed by atoms with Crippen LogP contribution in [0.2, 0.25) is 0 Å². The average Bonchev–Trinajstić information content (AvgIpc) is 3.36. The van der Waals surface area contributed by atoms with E-state index in [0.717, 1.165) is 43.3 Å². The smallest absolute Gasteiger partial charge is 0.329 e. The van der Waals surface area contributed by atoms with Crippen molar-refractivity contribution in [3.05, 3.63) is 34.7 Å². The number of rotatable bonds is 5. The number of imidazole rings is 1. The standard InChI is InChI=1S/C21H29N5O3/c1-24-17-8-2-3-9-18(17)26(21(24)29)14-19(27)25-11-5-6-15(13-25)12-23-20(28)16-7-4-10-22-16/h2-3,8-9,15-16,22H,4-7,10-14H2,1H3,(H,23,28). The molecule has 8 nitrogen and oxygen atoms in total. The first-order valence-electron chi connectivity index (χ1n) is 10.5. The van der Waals surface area contributed by atoms with Crippen LogP contribution in [0.15, 0.2) is 29.1 Å². The molecule has 4 rings (SSSR count). The molecule has 1 aromatic carbocycles. The van der Waals surface area contributed by atoms with E-state index in [4.69, 9.17) is 0 Å². The lowest BCUT2D eigenvalue weighted by Gasteiger charge is -2.33. The molecule has 2 N–H and O–H groups in total. The van der Waals surface area contributed by atoms with Crippen LogP contribution < -0.4 is 16.3 Å². The molecule has 2 atom stereocenters. The normalized spacial score (nSPS) is 22.2. The largest absolute Gasteiger partial charge is 0.354 e. The summed E-state index contributed by atoms with van der Waals surface area (Å²) in [4.78, 5) is 39.6. The second kappa shape index (κ2) is 8.41. The zero-order valence-corrected chi connectivity index (χ0v) is 16.9. The van der Waals surface area contributed by atoms with E-state index in [1.807, 2.05) is 29.2 Å². The quantitative estimate of drug-likeness (QED) is 0.764. The van der Waals surface area contributed by atoms with Gasteiger partial charge in [0, 0.05) is 26.7 Å². The van der Waals surface area contributed by atoms with Gasteiger partial charge in [-0.25, -0.2) is 4.79 Å². The van der Waals surface area contributed by atoms with E-state index in [1.54, 1.807) is 16.2 Å². The summed E-state index contributed by atoms with van der Waals surface area (Å²) in [5.74, 6) is 0.271. The first kappa shape index (κ1) is 19.7. The molecule has 3 heterocycles. The molecule has 1 aromatic heterocycles. The van der Waals surface area contributed by atoms with Gasteiger partial charge in [0.15, 0.2) is 0 Å². The van der Waals surface area contributed by atoms with Crippen molar-refractivity contribution in [3.63, 3.8) is 0 Å². The van der Waals surface area contributed by atoms with E-state index in [2.05, 4.69) is 10.6 Å². The lowest BCUT2D eigenvalue weighted by atomic mass is 9.97. The van der Waals surface area contributed by atoms with E-state index in [9.17, 15) is 14.4 Å². The highest BCUT2D eigenvalue weighted by atomic mass is 16.2.